The lowest BCUT2D eigenvalue weighted by Gasteiger charge is -2.07. The summed E-state index contributed by atoms with van der Waals surface area (Å²) < 4.78 is 19.9. The van der Waals surface area contributed by atoms with E-state index in [0.29, 0.717) is 5.75 Å². The summed E-state index contributed by atoms with van der Waals surface area (Å²) in [6.45, 7) is 1.22. The molecule has 0 amide bonds. The van der Waals surface area contributed by atoms with Crippen molar-refractivity contribution in [1.29, 1.82) is 0 Å². The maximum Gasteiger partial charge on any atom is 0.267 e. The summed E-state index contributed by atoms with van der Waals surface area (Å²) in [6, 6.07) is 7.02. The molecule has 1 aromatic carbocycles. The second kappa shape index (κ2) is 5.64. The zero-order valence-electron chi connectivity index (χ0n) is 11.1. The Kier molecular flexibility index (Phi) is 3.93. The summed E-state index contributed by atoms with van der Waals surface area (Å²) in [7, 11) is 1.44. The number of aromatic nitrogens is 2. The van der Waals surface area contributed by atoms with Crippen LogP contribution in [-0.2, 0) is 11.3 Å². The summed E-state index contributed by atoms with van der Waals surface area (Å²) in [5.74, 6) is -0.319. The highest BCUT2D eigenvalue weighted by Crippen LogP contribution is 2.23. The van der Waals surface area contributed by atoms with Gasteiger partial charge >= 0.3 is 0 Å². The van der Waals surface area contributed by atoms with Gasteiger partial charge in [0.2, 0.25) is 0 Å². The Labute approximate surface area is 114 Å². The van der Waals surface area contributed by atoms with Crippen LogP contribution >= 0.6 is 0 Å². The van der Waals surface area contributed by atoms with Crippen molar-refractivity contribution in [2.24, 2.45) is 0 Å². The Hall–Kier alpha value is -2.50. The lowest BCUT2D eigenvalue weighted by Crippen LogP contribution is -2.25. The topological polar surface area (TPSA) is 61.2 Å². The Bertz CT molecular complexity index is 710. The molecular weight excluding hydrogens is 263 g/mol. The van der Waals surface area contributed by atoms with Crippen LogP contribution in [0.5, 0.6) is 5.75 Å². The number of halogens is 1. The standard InChI is InChI=1S/C14H13FN2O3/c1-9(18)8-17-14(19)6-5-13(16-17)11-4-3-10(20-2)7-12(11)15/h3-7H,8H2,1-2H3. The summed E-state index contributed by atoms with van der Waals surface area (Å²) in [5, 5.41) is 4.00. The van der Waals surface area contributed by atoms with Crippen LogP contribution in [0.1, 0.15) is 6.92 Å². The fourth-order valence-corrected chi connectivity index (χ4v) is 1.75. The van der Waals surface area contributed by atoms with Crippen LogP contribution in [0, 0.1) is 5.82 Å². The molecule has 0 aliphatic carbocycles. The van der Waals surface area contributed by atoms with Gasteiger partial charge in [-0.15, -0.1) is 0 Å². The molecule has 5 nitrogen and oxygen atoms in total. The summed E-state index contributed by atoms with van der Waals surface area (Å²) in [6.07, 6.45) is 0. The molecule has 0 unspecified atom stereocenters. The van der Waals surface area contributed by atoms with E-state index in [1.807, 2.05) is 0 Å². The number of nitrogens with zero attached hydrogens (tertiary/aromatic N) is 2. The van der Waals surface area contributed by atoms with E-state index in [1.54, 1.807) is 6.07 Å². The minimum Gasteiger partial charge on any atom is -0.497 e. The number of Topliss-reactive ketones (excluding diaryl/α,β-unsaturated/α-hetero) is 1. The molecule has 1 heterocycles. The molecule has 0 bridgehead atoms. The molecule has 20 heavy (non-hydrogen) atoms. The third-order valence-corrected chi connectivity index (χ3v) is 2.69. The molecule has 0 radical (unpaired) electrons. The van der Waals surface area contributed by atoms with Crippen LogP contribution < -0.4 is 10.3 Å². The number of ether oxygens (including phenoxy) is 1. The molecule has 1 aromatic heterocycles. The van der Waals surface area contributed by atoms with E-state index in [1.165, 1.54) is 38.3 Å². The van der Waals surface area contributed by atoms with Gasteiger partial charge in [0.15, 0.2) is 5.78 Å². The molecule has 0 fully saturated rings. The Balaban J connectivity index is 2.48. The molecule has 6 heteroatoms. The van der Waals surface area contributed by atoms with Crippen LogP contribution in [0.15, 0.2) is 35.1 Å². The molecule has 0 saturated carbocycles. The van der Waals surface area contributed by atoms with Gasteiger partial charge in [0, 0.05) is 17.7 Å². The fourth-order valence-electron chi connectivity index (χ4n) is 1.75. The van der Waals surface area contributed by atoms with E-state index in [4.69, 9.17) is 4.74 Å². The third kappa shape index (κ3) is 2.90. The van der Waals surface area contributed by atoms with E-state index in [0.717, 1.165) is 4.68 Å². The molecule has 0 atom stereocenters. The first kappa shape index (κ1) is 13.9. The molecule has 0 spiro atoms. The SMILES string of the molecule is COc1ccc(-c2ccc(=O)n(CC(C)=O)n2)c(F)c1. The zero-order valence-corrected chi connectivity index (χ0v) is 11.1. The average molecular weight is 276 g/mol. The predicted molar refractivity (Wildman–Crippen MR) is 71.1 cm³/mol. The van der Waals surface area contributed by atoms with Gasteiger partial charge in [-0.05, 0) is 25.1 Å². The first-order valence-corrected chi connectivity index (χ1v) is 5.93. The first-order chi connectivity index (χ1) is 9.51. The van der Waals surface area contributed by atoms with Crippen LogP contribution in [0.25, 0.3) is 11.3 Å². The fraction of sp³-hybridized carbons (Fsp3) is 0.214. The van der Waals surface area contributed by atoms with Crippen LogP contribution in [0.3, 0.4) is 0 Å². The molecular formula is C14H13FN2O3. The number of carbonyl (C=O) groups excluding carboxylic acids is 1. The quantitative estimate of drug-likeness (QED) is 0.851. The molecule has 0 aliphatic heterocycles. The third-order valence-electron chi connectivity index (χ3n) is 2.69. The Morgan fingerprint density at radius 3 is 2.70 bits per heavy atom. The van der Waals surface area contributed by atoms with Gasteiger partial charge in [-0.3, -0.25) is 9.59 Å². The minimum absolute atomic E-state index is 0.134. The van der Waals surface area contributed by atoms with Crippen LogP contribution in [-0.4, -0.2) is 22.7 Å². The van der Waals surface area contributed by atoms with Gasteiger partial charge < -0.3 is 4.74 Å². The van der Waals surface area contributed by atoms with Crippen molar-refractivity contribution in [2.45, 2.75) is 13.5 Å². The highest BCUT2D eigenvalue weighted by atomic mass is 19.1. The van der Waals surface area contributed by atoms with E-state index in [2.05, 4.69) is 5.10 Å². The van der Waals surface area contributed by atoms with Gasteiger partial charge in [-0.2, -0.15) is 5.10 Å². The summed E-state index contributed by atoms with van der Waals surface area (Å²) >= 11 is 0. The van der Waals surface area contributed by atoms with Gasteiger partial charge in [0.05, 0.1) is 12.8 Å². The highest BCUT2D eigenvalue weighted by molar-refractivity contribution is 5.75. The molecule has 0 aliphatic rings. The van der Waals surface area contributed by atoms with Crippen LogP contribution in [0.2, 0.25) is 0 Å². The van der Waals surface area contributed by atoms with Gasteiger partial charge in [0.1, 0.15) is 18.1 Å². The summed E-state index contributed by atoms with van der Waals surface area (Å²) in [4.78, 5) is 22.6. The molecule has 2 rings (SSSR count). The molecule has 2 aromatic rings. The largest absolute Gasteiger partial charge is 0.497 e. The van der Waals surface area contributed by atoms with Crippen molar-refractivity contribution in [3.05, 3.63) is 46.5 Å². The maximum atomic E-state index is 13.9. The second-order valence-corrected chi connectivity index (χ2v) is 4.26. The first-order valence-electron chi connectivity index (χ1n) is 5.93. The lowest BCUT2D eigenvalue weighted by molar-refractivity contribution is -0.117. The number of carbonyl (C=O) groups is 1. The molecule has 0 N–H and O–H groups in total. The maximum absolute atomic E-state index is 13.9. The van der Waals surface area contributed by atoms with E-state index >= 15 is 0 Å². The number of rotatable bonds is 4. The average Bonchev–Trinajstić information content (AvgIpc) is 2.41. The number of methoxy groups -OCH3 is 1. The van der Waals surface area contributed by atoms with Crippen molar-refractivity contribution in [3.63, 3.8) is 0 Å². The number of hydrogen-bond acceptors (Lipinski definition) is 4. The van der Waals surface area contributed by atoms with Gasteiger partial charge in [0.25, 0.3) is 5.56 Å². The summed E-state index contributed by atoms with van der Waals surface area (Å²) in [5.41, 5.74) is 0.118. The van der Waals surface area contributed by atoms with Crippen LogP contribution in [0.4, 0.5) is 4.39 Å². The highest BCUT2D eigenvalue weighted by Gasteiger charge is 2.10. The number of hydrogen-bond donors (Lipinski definition) is 0. The Morgan fingerprint density at radius 1 is 1.35 bits per heavy atom. The van der Waals surface area contributed by atoms with Gasteiger partial charge in [-0.25, -0.2) is 9.07 Å². The van der Waals surface area contributed by atoms with E-state index in [9.17, 15) is 14.0 Å². The smallest absolute Gasteiger partial charge is 0.267 e. The second-order valence-electron chi connectivity index (χ2n) is 4.26. The monoisotopic (exact) mass is 276 g/mol. The van der Waals surface area contributed by atoms with Gasteiger partial charge in [-0.1, -0.05) is 0 Å². The van der Waals surface area contributed by atoms with E-state index in [-0.39, 0.29) is 23.6 Å². The predicted octanol–water partition coefficient (Wildman–Crippen LogP) is 1.65. The zero-order chi connectivity index (χ0) is 14.7. The van der Waals surface area contributed by atoms with Crippen molar-refractivity contribution < 1.29 is 13.9 Å². The van der Waals surface area contributed by atoms with Crippen molar-refractivity contribution in [2.75, 3.05) is 7.11 Å². The molecule has 104 valence electrons. The van der Waals surface area contributed by atoms with Crippen molar-refractivity contribution in [1.82, 2.24) is 9.78 Å². The number of benzene rings is 1. The Morgan fingerprint density at radius 2 is 2.10 bits per heavy atom. The lowest BCUT2D eigenvalue weighted by atomic mass is 10.1. The van der Waals surface area contributed by atoms with E-state index < -0.39 is 11.4 Å². The van der Waals surface area contributed by atoms with Crippen molar-refractivity contribution in [3.8, 4) is 17.0 Å². The van der Waals surface area contributed by atoms with Crippen molar-refractivity contribution >= 4 is 5.78 Å². The number of ketones is 1. The normalized spacial score (nSPS) is 10.3. The minimum atomic E-state index is -0.509. The molecule has 0 saturated heterocycles.